The number of likely N-dealkylation sites (N-methyl/N-ethyl adjacent to an activating group) is 1. The molecule has 0 aliphatic rings. The van der Waals surface area contributed by atoms with Gasteiger partial charge in [0.1, 0.15) is 5.82 Å². The Morgan fingerprint density at radius 1 is 1.10 bits per heavy atom. The first-order chi connectivity index (χ1) is 10.0. The van der Waals surface area contributed by atoms with E-state index in [1.54, 1.807) is 0 Å². The zero-order chi connectivity index (χ0) is 15.4. The van der Waals surface area contributed by atoms with Crippen LogP contribution >= 0.6 is 0 Å². The first-order valence-corrected chi connectivity index (χ1v) is 7.23. The van der Waals surface area contributed by atoms with E-state index >= 15 is 0 Å². The van der Waals surface area contributed by atoms with Crippen LogP contribution in [0.2, 0.25) is 0 Å². The summed E-state index contributed by atoms with van der Waals surface area (Å²) in [5.74, 6) is -0.203. The van der Waals surface area contributed by atoms with Crippen LogP contribution < -0.4 is 5.73 Å². The van der Waals surface area contributed by atoms with Crippen LogP contribution in [0.1, 0.15) is 28.3 Å². The van der Waals surface area contributed by atoms with E-state index in [1.807, 2.05) is 12.1 Å². The third-order valence-corrected chi connectivity index (χ3v) is 3.88. The van der Waals surface area contributed by atoms with Gasteiger partial charge in [0.25, 0.3) is 0 Å². The number of halogens is 1. The quantitative estimate of drug-likeness (QED) is 0.910. The first kappa shape index (κ1) is 15.7. The Morgan fingerprint density at radius 3 is 2.33 bits per heavy atom. The number of nitrogens with zero attached hydrogens (tertiary/aromatic N) is 1. The molecule has 1 atom stereocenters. The number of rotatable bonds is 5. The van der Waals surface area contributed by atoms with Gasteiger partial charge in [0.2, 0.25) is 0 Å². The summed E-state index contributed by atoms with van der Waals surface area (Å²) in [6.07, 6.45) is 0. The average Bonchev–Trinajstić information content (AvgIpc) is 2.44. The molecule has 0 amide bonds. The fourth-order valence-corrected chi connectivity index (χ4v) is 2.73. The number of aryl methyl sites for hydroxylation is 2. The SMILES string of the molecule is Cc1ccc(C(CN)N(C)Cc2ccc(F)cc2)c(C)c1. The predicted octanol–water partition coefficient (Wildman–Crippen LogP) is 3.57. The monoisotopic (exact) mass is 286 g/mol. The maximum Gasteiger partial charge on any atom is 0.123 e. The Hall–Kier alpha value is -1.71. The molecule has 0 bridgehead atoms. The van der Waals surface area contributed by atoms with E-state index in [0.29, 0.717) is 6.54 Å². The second-order valence-electron chi connectivity index (χ2n) is 5.65. The molecule has 2 rings (SSSR count). The summed E-state index contributed by atoms with van der Waals surface area (Å²) in [7, 11) is 2.06. The molecule has 2 aromatic carbocycles. The minimum Gasteiger partial charge on any atom is -0.329 e. The molecule has 0 aliphatic heterocycles. The predicted molar refractivity (Wildman–Crippen MR) is 85.6 cm³/mol. The molecule has 0 saturated heterocycles. The van der Waals surface area contributed by atoms with Crippen molar-refractivity contribution in [1.82, 2.24) is 4.90 Å². The van der Waals surface area contributed by atoms with Crippen LogP contribution in [0, 0.1) is 19.7 Å². The Bertz CT molecular complexity index is 593. The second kappa shape index (κ2) is 6.83. The summed E-state index contributed by atoms with van der Waals surface area (Å²) >= 11 is 0. The lowest BCUT2D eigenvalue weighted by atomic mass is 9.98. The van der Waals surface area contributed by atoms with Crippen molar-refractivity contribution in [2.75, 3.05) is 13.6 Å². The fourth-order valence-electron chi connectivity index (χ4n) is 2.73. The summed E-state index contributed by atoms with van der Waals surface area (Å²) in [4.78, 5) is 2.21. The van der Waals surface area contributed by atoms with Gasteiger partial charge in [0, 0.05) is 19.1 Å². The van der Waals surface area contributed by atoms with E-state index in [1.165, 1.54) is 28.8 Å². The standard InChI is InChI=1S/C18H23FN2/c1-13-4-9-17(14(2)10-13)18(11-20)21(3)12-15-5-7-16(19)8-6-15/h4-10,18H,11-12,20H2,1-3H3. The highest BCUT2D eigenvalue weighted by Gasteiger charge is 2.17. The molecule has 21 heavy (non-hydrogen) atoms. The summed E-state index contributed by atoms with van der Waals surface area (Å²) in [6, 6.07) is 13.3. The molecule has 2 aromatic rings. The van der Waals surface area contributed by atoms with Crippen molar-refractivity contribution in [3.8, 4) is 0 Å². The Morgan fingerprint density at radius 2 is 1.76 bits per heavy atom. The third-order valence-electron chi connectivity index (χ3n) is 3.88. The van der Waals surface area contributed by atoms with Crippen molar-refractivity contribution in [2.45, 2.75) is 26.4 Å². The van der Waals surface area contributed by atoms with Gasteiger partial charge in [0.05, 0.1) is 0 Å². The number of benzene rings is 2. The molecule has 2 nitrogen and oxygen atoms in total. The van der Waals surface area contributed by atoms with Crippen LogP contribution in [0.3, 0.4) is 0 Å². The highest BCUT2D eigenvalue weighted by Crippen LogP contribution is 2.24. The Labute approximate surface area is 126 Å². The van der Waals surface area contributed by atoms with Crippen LogP contribution in [0.15, 0.2) is 42.5 Å². The van der Waals surface area contributed by atoms with Gasteiger partial charge in [-0.1, -0.05) is 35.9 Å². The molecule has 2 N–H and O–H groups in total. The molecular formula is C18H23FN2. The Balaban J connectivity index is 2.18. The zero-order valence-corrected chi connectivity index (χ0v) is 12.9. The summed E-state index contributed by atoms with van der Waals surface area (Å²) in [6.45, 7) is 5.52. The van der Waals surface area contributed by atoms with E-state index in [9.17, 15) is 4.39 Å². The van der Waals surface area contributed by atoms with E-state index in [4.69, 9.17) is 5.73 Å². The summed E-state index contributed by atoms with van der Waals surface area (Å²) in [5, 5.41) is 0. The highest BCUT2D eigenvalue weighted by molar-refractivity contribution is 5.33. The van der Waals surface area contributed by atoms with Crippen LogP contribution in [0.4, 0.5) is 4.39 Å². The lowest BCUT2D eigenvalue weighted by molar-refractivity contribution is 0.241. The van der Waals surface area contributed by atoms with Gasteiger partial charge in [-0.2, -0.15) is 0 Å². The molecular weight excluding hydrogens is 263 g/mol. The number of hydrogen-bond acceptors (Lipinski definition) is 2. The van der Waals surface area contributed by atoms with E-state index in [2.05, 4.69) is 44.0 Å². The minimum atomic E-state index is -0.203. The van der Waals surface area contributed by atoms with Crippen molar-refractivity contribution in [1.29, 1.82) is 0 Å². The summed E-state index contributed by atoms with van der Waals surface area (Å²) in [5.41, 5.74) is 10.8. The first-order valence-electron chi connectivity index (χ1n) is 7.23. The Kier molecular flexibility index (Phi) is 5.10. The number of nitrogens with two attached hydrogens (primary N) is 1. The zero-order valence-electron chi connectivity index (χ0n) is 12.9. The normalized spacial score (nSPS) is 12.7. The molecule has 0 aliphatic carbocycles. The molecule has 0 fully saturated rings. The fraction of sp³-hybridized carbons (Fsp3) is 0.333. The topological polar surface area (TPSA) is 29.3 Å². The molecule has 0 saturated carbocycles. The van der Waals surface area contributed by atoms with Gasteiger partial charge in [-0.05, 0) is 49.7 Å². The smallest absolute Gasteiger partial charge is 0.123 e. The van der Waals surface area contributed by atoms with Gasteiger partial charge in [-0.15, -0.1) is 0 Å². The second-order valence-corrected chi connectivity index (χ2v) is 5.65. The lowest BCUT2D eigenvalue weighted by Crippen LogP contribution is -2.30. The van der Waals surface area contributed by atoms with E-state index in [0.717, 1.165) is 12.1 Å². The third kappa shape index (κ3) is 3.90. The molecule has 112 valence electrons. The number of hydrogen-bond donors (Lipinski definition) is 1. The van der Waals surface area contributed by atoms with Crippen molar-refractivity contribution >= 4 is 0 Å². The lowest BCUT2D eigenvalue weighted by Gasteiger charge is -2.29. The van der Waals surface area contributed by atoms with Gasteiger partial charge in [0.15, 0.2) is 0 Å². The van der Waals surface area contributed by atoms with Crippen LogP contribution in [-0.2, 0) is 6.54 Å². The molecule has 3 heteroatoms. The van der Waals surface area contributed by atoms with E-state index < -0.39 is 0 Å². The molecule has 0 aromatic heterocycles. The maximum absolute atomic E-state index is 13.0. The van der Waals surface area contributed by atoms with E-state index in [-0.39, 0.29) is 11.9 Å². The largest absolute Gasteiger partial charge is 0.329 e. The van der Waals surface area contributed by atoms with Gasteiger partial charge in [-0.25, -0.2) is 4.39 Å². The molecule has 0 radical (unpaired) electrons. The maximum atomic E-state index is 13.0. The van der Waals surface area contributed by atoms with Gasteiger partial charge >= 0.3 is 0 Å². The van der Waals surface area contributed by atoms with Gasteiger partial charge < -0.3 is 5.73 Å². The molecule has 0 heterocycles. The molecule has 0 spiro atoms. The minimum absolute atomic E-state index is 0.163. The highest BCUT2D eigenvalue weighted by atomic mass is 19.1. The van der Waals surface area contributed by atoms with Crippen molar-refractivity contribution in [2.24, 2.45) is 5.73 Å². The van der Waals surface area contributed by atoms with Crippen molar-refractivity contribution in [3.05, 3.63) is 70.5 Å². The van der Waals surface area contributed by atoms with Crippen molar-refractivity contribution in [3.63, 3.8) is 0 Å². The van der Waals surface area contributed by atoms with Crippen molar-refractivity contribution < 1.29 is 4.39 Å². The molecule has 1 unspecified atom stereocenters. The van der Waals surface area contributed by atoms with Crippen LogP contribution in [0.5, 0.6) is 0 Å². The van der Waals surface area contributed by atoms with Gasteiger partial charge in [-0.3, -0.25) is 4.90 Å². The summed E-state index contributed by atoms with van der Waals surface area (Å²) < 4.78 is 13.0. The van der Waals surface area contributed by atoms with Crippen LogP contribution in [-0.4, -0.2) is 18.5 Å². The average molecular weight is 286 g/mol. The van der Waals surface area contributed by atoms with Crippen LogP contribution in [0.25, 0.3) is 0 Å².